The normalized spacial score (nSPS) is 12.8. The Morgan fingerprint density at radius 2 is 0.450 bits per heavy atom. The summed E-state index contributed by atoms with van der Waals surface area (Å²) < 4.78 is 18.2. The summed E-state index contributed by atoms with van der Waals surface area (Å²) in [5, 5.41) is 5.31. The summed E-state index contributed by atoms with van der Waals surface area (Å²) in [4.78, 5) is 28.6. The minimum atomic E-state index is -0.432. The molecule has 1 saturated heterocycles. The Balaban J connectivity index is 0.000000128. The SMILES string of the molecule is CC1(C)OB(c2cc(-c3ccccc3)cc(-c3cccc4c3sc3c(-c5ccccc5)cccc34)c2)OC1(C)C.Clc1nc(-c2ccccc2)nc(-c2cccc(-c3ccccc3)c2)n1.c1ccc(-c2cccc(-c3nc(-c4ccccc4)nc(-c4cc(-c5ccccc5)cc(-c5cccc6c5sc5c(-c7ccccc7)cccc56)c4)n3)c2)cc1. The molecule has 0 unspecified atom stereocenters. The van der Waals surface area contributed by atoms with Gasteiger partial charge in [0.1, 0.15) is 0 Å². The lowest BCUT2D eigenvalue weighted by Crippen LogP contribution is -2.41. The van der Waals surface area contributed by atoms with E-state index in [9.17, 15) is 0 Å². The number of nitrogens with zero attached hydrogens (tertiary/aromatic N) is 6. The predicted octanol–water partition coefficient (Wildman–Crippen LogP) is 28.8. The van der Waals surface area contributed by atoms with E-state index in [4.69, 9.17) is 35.9 Å². The first-order valence-corrected chi connectivity index (χ1v) is 42.2. The third-order valence-corrected chi connectivity index (χ3v) is 25.2. The lowest BCUT2D eigenvalue weighted by atomic mass is 9.76. The molecule has 0 N–H and O–H groups in total. The van der Waals surface area contributed by atoms with E-state index < -0.39 is 18.3 Å². The van der Waals surface area contributed by atoms with Crippen LogP contribution in [0, 0.1) is 0 Å². The van der Waals surface area contributed by atoms with Crippen molar-refractivity contribution in [2.45, 2.75) is 38.9 Å². The molecule has 120 heavy (non-hydrogen) atoms. The Hall–Kier alpha value is -13.7. The lowest BCUT2D eigenvalue weighted by molar-refractivity contribution is 0.00578. The summed E-state index contributed by atoms with van der Waals surface area (Å²) in [6.07, 6.45) is 0. The molecule has 0 spiro atoms. The van der Waals surface area contributed by atoms with Crippen molar-refractivity contribution >= 4 is 87.2 Å². The predicted molar refractivity (Wildman–Crippen MR) is 503 cm³/mol. The molecule has 16 aromatic carbocycles. The number of benzene rings is 16. The van der Waals surface area contributed by atoms with Gasteiger partial charge < -0.3 is 9.31 Å². The van der Waals surface area contributed by atoms with Gasteiger partial charge in [0.25, 0.3) is 0 Å². The highest BCUT2D eigenvalue weighted by Crippen LogP contribution is 2.48. The van der Waals surface area contributed by atoms with Crippen LogP contribution in [0.2, 0.25) is 5.28 Å². The monoisotopic (exact) mass is 1600 g/mol. The number of aromatic nitrogens is 6. The van der Waals surface area contributed by atoms with Crippen LogP contribution >= 0.6 is 34.3 Å². The van der Waals surface area contributed by atoms with Gasteiger partial charge in [0, 0.05) is 68.2 Å². The lowest BCUT2D eigenvalue weighted by Gasteiger charge is -2.32. The van der Waals surface area contributed by atoms with Gasteiger partial charge in [-0.25, -0.2) is 19.9 Å². The molecule has 21 rings (SSSR count). The van der Waals surface area contributed by atoms with Gasteiger partial charge in [-0.1, -0.05) is 364 Å². The maximum atomic E-state index is 6.51. The highest BCUT2D eigenvalue weighted by molar-refractivity contribution is 7.27. The summed E-state index contributed by atoms with van der Waals surface area (Å²) in [5.41, 5.74) is 23.6. The summed E-state index contributed by atoms with van der Waals surface area (Å²) >= 11 is 9.89. The molecule has 0 amide bonds. The molecular formula is C108H78BClN6O2S2. The van der Waals surface area contributed by atoms with Crippen LogP contribution in [0.15, 0.2) is 400 Å². The standard InChI is InChI=1S/C51H33N3S.C36H31BO2S.C21H14ClN3/c1-5-16-34(17-6-1)38-24-13-25-39(30-38)50-52-49(37-22-11-4-12-23-37)53-51(54-50)42-32-40(35-18-7-2-8-19-35)31-41(33-42)44-27-15-29-46-45-28-14-26-43(47(45)55-48(44)46)36-20-9-3-10-21-36;1-35(2)36(3,4)39-37(38-35)28-22-26(24-13-7-5-8-14-24)21-27(23-28)30-18-12-20-32-31-19-11-17-29(33(31)40-34(30)32)25-15-9-6-10-16-25;22-21-24-19(16-10-5-2-6-11-16)23-20(25-21)18-13-7-12-17(14-18)15-8-3-1-4-9-15/h1-33H;5-23H,1-4H3;1-14H. The molecule has 0 bridgehead atoms. The van der Waals surface area contributed by atoms with Crippen molar-refractivity contribution in [3.63, 3.8) is 0 Å². The van der Waals surface area contributed by atoms with E-state index in [1.54, 1.807) is 0 Å². The maximum absolute atomic E-state index is 6.51. The Morgan fingerprint density at radius 1 is 0.217 bits per heavy atom. The van der Waals surface area contributed by atoms with Gasteiger partial charge in [-0.3, -0.25) is 0 Å². The smallest absolute Gasteiger partial charge is 0.399 e. The third-order valence-electron chi connectivity index (χ3n) is 22.5. The van der Waals surface area contributed by atoms with E-state index in [1.165, 1.54) is 84.9 Å². The van der Waals surface area contributed by atoms with Crippen LogP contribution in [0.1, 0.15) is 27.7 Å². The molecule has 12 heteroatoms. The number of halogens is 1. The number of hydrogen-bond acceptors (Lipinski definition) is 10. The van der Waals surface area contributed by atoms with E-state index in [0.29, 0.717) is 29.1 Å². The van der Waals surface area contributed by atoms with Crippen molar-refractivity contribution in [1.82, 2.24) is 29.9 Å². The van der Waals surface area contributed by atoms with Gasteiger partial charge >= 0.3 is 7.12 Å². The van der Waals surface area contributed by atoms with Crippen LogP contribution in [0.25, 0.3) is 186 Å². The first-order chi connectivity index (χ1) is 58.8. The van der Waals surface area contributed by atoms with Gasteiger partial charge in [0.05, 0.1) is 11.2 Å². The first kappa shape index (κ1) is 76.2. The van der Waals surface area contributed by atoms with E-state index in [2.05, 4.69) is 358 Å². The average molecular weight is 1600 g/mol. The summed E-state index contributed by atoms with van der Waals surface area (Å²) in [6, 6.07) is 140. The molecule has 20 aromatic rings. The number of rotatable bonds is 14. The molecule has 0 atom stereocenters. The third kappa shape index (κ3) is 15.8. The van der Waals surface area contributed by atoms with Crippen LogP contribution < -0.4 is 5.46 Å². The van der Waals surface area contributed by atoms with E-state index >= 15 is 0 Å². The van der Waals surface area contributed by atoms with Crippen molar-refractivity contribution < 1.29 is 9.31 Å². The van der Waals surface area contributed by atoms with Crippen molar-refractivity contribution in [3.8, 4) is 146 Å². The van der Waals surface area contributed by atoms with Crippen LogP contribution in [0.5, 0.6) is 0 Å². The molecule has 1 fully saturated rings. The average Bonchev–Trinajstić information content (AvgIpc) is 1.55. The summed E-state index contributed by atoms with van der Waals surface area (Å²) in [7, 11) is -0.432. The quantitative estimate of drug-likeness (QED) is 0.0994. The maximum Gasteiger partial charge on any atom is 0.494 e. The van der Waals surface area contributed by atoms with E-state index in [1.807, 2.05) is 108 Å². The second kappa shape index (κ2) is 33.3. The fourth-order valence-electron chi connectivity index (χ4n) is 15.7. The molecule has 0 saturated carbocycles. The van der Waals surface area contributed by atoms with Crippen LogP contribution in [0.4, 0.5) is 0 Å². The first-order valence-electron chi connectivity index (χ1n) is 40.2. The summed E-state index contributed by atoms with van der Waals surface area (Å²) in [6.45, 7) is 8.43. The molecule has 574 valence electrons. The van der Waals surface area contributed by atoms with E-state index in [-0.39, 0.29) is 5.28 Å². The Morgan fingerprint density at radius 3 is 0.825 bits per heavy atom. The topological polar surface area (TPSA) is 95.8 Å². The zero-order chi connectivity index (χ0) is 81.1. The molecular weight excluding hydrogens is 1520 g/mol. The van der Waals surface area contributed by atoms with Gasteiger partial charge in [0.15, 0.2) is 29.1 Å². The van der Waals surface area contributed by atoms with Gasteiger partial charge in [0.2, 0.25) is 5.28 Å². The zero-order valence-corrected chi connectivity index (χ0v) is 68.8. The molecule has 1 aliphatic rings. The fourth-order valence-corrected chi connectivity index (χ4v) is 18.6. The minimum absolute atomic E-state index is 0.189. The minimum Gasteiger partial charge on any atom is -0.399 e. The molecule has 0 aliphatic carbocycles. The van der Waals surface area contributed by atoms with Crippen molar-refractivity contribution in [3.05, 3.63) is 406 Å². The summed E-state index contributed by atoms with van der Waals surface area (Å²) in [5.74, 6) is 3.03. The number of fused-ring (bicyclic) bond motifs is 6. The zero-order valence-electron chi connectivity index (χ0n) is 66.4. The molecule has 1 aliphatic heterocycles. The highest BCUT2D eigenvalue weighted by atomic mass is 35.5. The Bertz CT molecular complexity index is 7090. The largest absolute Gasteiger partial charge is 0.494 e. The van der Waals surface area contributed by atoms with E-state index in [0.717, 1.165) is 77.8 Å². The molecule has 5 heterocycles. The fraction of sp³-hybridized carbons (Fsp3) is 0.0556. The number of thiophene rings is 2. The van der Waals surface area contributed by atoms with Crippen LogP contribution in [-0.4, -0.2) is 48.2 Å². The number of hydrogen-bond donors (Lipinski definition) is 0. The van der Waals surface area contributed by atoms with Crippen molar-refractivity contribution in [1.29, 1.82) is 0 Å². The van der Waals surface area contributed by atoms with Crippen molar-refractivity contribution in [2.24, 2.45) is 0 Å². The Kier molecular flexibility index (Phi) is 21.2. The molecule has 0 radical (unpaired) electrons. The van der Waals surface area contributed by atoms with Crippen molar-refractivity contribution in [2.75, 3.05) is 0 Å². The highest BCUT2D eigenvalue weighted by Gasteiger charge is 2.52. The molecule has 8 nitrogen and oxygen atoms in total. The second-order valence-corrected chi connectivity index (χ2v) is 33.2. The van der Waals surface area contributed by atoms with Crippen LogP contribution in [0.3, 0.4) is 0 Å². The van der Waals surface area contributed by atoms with Crippen LogP contribution in [-0.2, 0) is 9.31 Å². The van der Waals surface area contributed by atoms with Gasteiger partial charge in [-0.2, -0.15) is 9.97 Å². The molecule has 4 aromatic heterocycles. The van der Waals surface area contributed by atoms with Gasteiger partial charge in [-0.05, 0) is 170 Å². The second-order valence-electron chi connectivity index (χ2n) is 30.8. The van der Waals surface area contributed by atoms with Gasteiger partial charge in [-0.15, -0.1) is 22.7 Å². The Labute approximate surface area is 711 Å².